The lowest BCUT2D eigenvalue weighted by atomic mass is 10.1. The number of rotatable bonds is 8. The van der Waals surface area contributed by atoms with E-state index < -0.39 is 41.8 Å². The number of halogens is 6. The molecule has 0 saturated heterocycles. The lowest BCUT2D eigenvalue weighted by molar-refractivity contribution is -0.193. The van der Waals surface area contributed by atoms with Gasteiger partial charge in [-0.15, -0.1) is 0 Å². The Morgan fingerprint density at radius 3 is 1.81 bits per heavy atom. The molecule has 12 nitrogen and oxygen atoms in total. The van der Waals surface area contributed by atoms with Gasteiger partial charge in [-0.3, -0.25) is 0 Å². The number of esters is 2. The van der Waals surface area contributed by atoms with E-state index in [-0.39, 0.29) is 6.61 Å². The summed E-state index contributed by atoms with van der Waals surface area (Å²) >= 11 is 0. The van der Waals surface area contributed by atoms with Crippen molar-refractivity contribution in [3.05, 3.63) is 40.7 Å². The summed E-state index contributed by atoms with van der Waals surface area (Å²) in [7, 11) is 1.92. The van der Waals surface area contributed by atoms with Crippen LogP contribution in [0.4, 0.5) is 26.3 Å². The van der Waals surface area contributed by atoms with E-state index >= 15 is 0 Å². The van der Waals surface area contributed by atoms with Crippen molar-refractivity contribution in [3.63, 3.8) is 0 Å². The summed E-state index contributed by atoms with van der Waals surface area (Å²) in [5.74, 6) is -5.57. The van der Waals surface area contributed by atoms with E-state index in [0.717, 1.165) is 5.82 Å². The molecule has 0 aliphatic rings. The lowest BCUT2D eigenvalue weighted by Crippen LogP contribution is -2.24. The molecule has 0 atom stereocenters. The van der Waals surface area contributed by atoms with Crippen molar-refractivity contribution >= 4 is 23.9 Å². The number of carbonyl (C=O) groups is 4. The number of ether oxygens (including phenoxy) is 2. The fourth-order valence-electron chi connectivity index (χ4n) is 2.90. The monoisotopic (exact) mass is 618 g/mol. The minimum absolute atomic E-state index is 0.259. The van der Waals surface area contributed by atoms with Crippen LogP contribution in [0.15, 0.2) is 12.4 Å². The molecule has 2 rings (SSSR count). The predicted molar refractivity (Wildman–Crippen MR) is 132 cm³/mol. The van der Waals surface area contributed by atoms with Crippen molar-refractivity contribution in [2.24, 2.45) is 7.05 Å². The number of aromatic amines is 1. The molecule has 2 aromatic rings. The second-order valence-electron chi connectivity index (χ2n) is 9.07. The number of hydrogen-bond acceptors (Lipinski definition) is 8. The topological polar surface area (TPSA) is 173 Å². The van der Waals surface area contributed by atoms with Crippen LogP contribution in [0.3, 0.4) is 0 Å². The highest BCUT2D eigenvalue weighted by Crippen LogP contribution is 2.24. The number of alkyl halides is 6. The Kier molecular flexibility index (Phi) is 14.2. The summed E-state index contributed by atoms with van der Waals surface area (Å²) < 4.78 is 76.1. The van der Waals surface area contributed by atoms with Crippen molar-refractivity contribution in [1.82, 2.24) is 19.9 Å². The van der Waals surface area contributed by atoms with Crippen LogP contribution in [0.2, 0.25) is 0 Å². The number of H-pyrrole nitrogens is 1. The highest BCUT2D eigenvalue weighted by molar-refractivity contribution is 5.99. The number of aromatic nitrogens is 3. The van der Waals surface area contributed by atoms with Gasteiger partial charge >= 0.3 is 36.2 Å². The average molecular weight is 619 g/mol. The van der Waals surface area contributed by atoms with Gasteiger partial charge in [0.1, 0.15) is 17.1 Å². The first-order valence-corrected chi connectivity index (χ1v) is 12.0. The molecule has 2 heterocycles. The molecule has 0 aliphatic carbocycles. The predicted octanol–water partition coefficient (Wildman–Crippen LogP) is 4.00. The van der Waals surface area contributed by atoms with Crippen LogP contribution >= 0.6 is 0 Å². The smallest absolute Gasteiger partial charge is 0.475 e. The number of hydrogen-bond donors (Lipinski definition) is 4. The van der Waals surface area contributed by atoms with Gasteiger partial charge in [-0.2, -0.15) is 26.3 Å². The Hall–Kier alpha value is -4.09. The quantitative estimate of drug-likeness (QED) is 0.250. The maximum Gasteiger partial charge on any atom is 0.490 e. The average Bonchev–Trinajstić information content (AvgIpc) is 3.41. The third kappa shape index (κ3) is 13.0. The lowest BCUT2D eigenvalue weighted by Gasteiger charge is -2.19. The van der Waals surface area contributed by atoms with Gasteiger partial charge in [0.2, 0.25) is 0 Å². The molecule has 4 N–H and O–H groups in total. The standard InChI is InChI=1S/C20H30N4O4.2C2HF3O2/c1-7-13-16(18(25)27-8-2)14(11-21-12-15-22-9-10-24(15)6)23-17(13)19(26)28-20(3,4)5;2*3-2(4,5)1(6)7/h9-10,21,23H,7-8,11-12H2,1-6H3;2*(H,6,7). The molecule has 0 aromatic carbocycles. The van der Waals surface area contributed by atoms with Crippen LogP contribution in [0.25, 0.3) is 0 Å². The number of imidazole rings is 1. The molecule has 0 spiro atoms. The van der Waals surface area contributed by atoms with Gasteiger partial charge in [0.15, 0.2) is 0 Å². The number of nitrogens with zero attached hydrogens (tertiary/aromatic N) is 2. The van der Waals surface area contributed by atoms with Crippen molar-refractivity contribution < 1.29 is 65.2 Å². The maximum atomic E-state index is 12.7. The molecule has 0 fully saturated rings. The molecule has 2 aromatic heterocycles. The molecular formula is C24H32F6N4O8. The summed E-state index contributed by atoms with van der Waals surface area (Å²) in [6.45, 7) is 10.2. The van der Waals surface area contributed by atoms with Crippen LogP contribution in [-0.4, -0.2) is 73.2 Å². The number of carbonyl (C=O) groups excluding carboxylic acids is 2. The number of carboxylic acid groups (broad SMARTS) is 2. The molecule has 0 saturated carbocycles. The fraction of sp³-hybridized carbons (Fsp3) is 0.542. The highest BCUT2D eigenvalue weighted by Gasteiger charge is 2.39. The molecular weight excluding hydrogens is 586 g/mol. The van der Waals surface area contributed by atoms with Crippen LogP contribution in [-0.2, 0) is 45.6 Å². The Morgan fingerprint density at radius 1 is 0.952 bits per heavy atom. The summed E-state index contributed by atoms with van der Waals surface area (Å²) in [6, 6.07) is 0. The van der Waals surface area contributed by atoms with E-state index in [1.807, 2.05) is 24.7 Å². The first kappa shape index (κ1) is 37.9. The van der Waals surface area contributed by atoms with Crippen molar-refractivity contribution in [3.8, 4) is 0 Å². The zero-order chi connectivity index (χ0) is 33.1. The van der Waals surface area contributed by atoms with Gasteiger partial charge in [-0.1, -0.05) is 6.92 Å². The minimum atomic E-state index is -5.08. The van der Waals surface area contributed by atoms with Gasteiger partial charge in [-0.25, -0.2) is 24.2 Å². The second-order valence-corrected chi connectivity index (χ2v) is 9.07. The highest BCUT2D eigenvalue weighted by atomic mass is 19.4. The molecule has 0 amide bonds. The Bertz CT molecular complexity index is 1190. The van der Waals surface area contributed by atoms with E-state index in [1.165, 1.54) is 0 Å². The Balaban J connectivity index is 0.000000990. The maximum absolute atomic E-state index is 12.7. The van der Waals surface area contributed by atoms with Gasteiger partial charge in [0.25, 0.3) is 0 Å². The number of nitrogens with one attached hydrogen (secondary N) is 2. The summed E-state index contributed by atoms with van der Waals surface area (Å²) in [6.07, 6.45) is -6.07. The van der Waals surface area contributed by atoms with Gasteiger partial charge in [0, 0.05) is 31.7 Å². The third-order valence-electron chi connectivity index (χ3n) is 4.61. The zero-order valence-electron chi connectivity index (χ0n) is 23.5. The summed E-state index contributed by atoms with van der Waals surface area (Å²) in [5.41, 5.74) is 1.28. The Labute approximate surface area is 236 Å². The Morgan fingerprint density at radius 2 is 1.45 bits per heavy atom. The minimum Gasteiger partial charge on any atom is -0.475 e. The fourth-order valence-corrected chi connectivity index (χ4v) is 2.90. The van der Waals surface area contributed by atoms with Crippen molar-refractivity contribution in [2.45, 2.75) is 72.1 Å². The van der Waals surface area contributed by atoms with Crippen LogP contribution < -0.4 is 5.32 Å². The van der Waals surface area contributed by atoms with Crippen molar-refractivity contribution in [2.75, 3.05) is 6.61 Å². The van der Waals surface area contributed by atoms with Crippen LogP contribution in [0.1, 0.15) is 72.5 Å². The van der Waals surface area contributed by atoms with E-state index in [4.69, 9.17) is 29.3 Å². The third-order valence-corrected chi connectivity index (χ3v) is 4.61. The van der Waals surface area contributed by atoms with Gasteiger partial charge < -0.3 is 34.6 Å². The van der Waals surface area contributed by atoms with Crippen molar-refractivity contribution in [1.29, 1.82) is 0 Å². The van der Waals surface area contributed by atoms with E-state index in [0.29, 0.717) is 42.0 Å². The van der Waals surface area contributed by atoms with Gasteiger partial charge in [-0.05, 0) is 39.7 Å². The molecule has 42 heavy (non-hydrogen) atoms. The van der Waals surface area contributed by atoms with Crippen LogP contribution in [0, 0.1) is 0 Å². The molecule has 0 aliphatic heterocycles. The van der Waals surface area contributed by atoms with Gasteiger partial charge in [0.05, 0.1) is 18.7 Å². The zero-order valence-corrected chi connectivity index (χ0v) is 23.5. The summed E-state index contributed by atoms with van der Waals surface area (Å²) in [5, 5.41) is 17.5. The SMILES string of the molecule is CCOC(=O)c1c(CNCc2nccn2C)[nH]c(C(=O)OC(C)(C)C)c1CC.O=C(O)C(F)(F)F.O=C(O)C(F)(F)F. The molecule has 238 valence electrons. The molecule has 0 unspecified atom stereocenters. The number of aryl methyl sites for hydroxylation is 1. The molecule has 0 radical (unpaired) electrons. The van der Waals surface area contributed by atoms with E-state index in [9.17, 15) is 35.9 Å². The number of aliphatic carboxylic acids is 2. The first-order chi connectivity index (χ1) is 19.1. The molecule has 18 heteroatoms. The van der Waals surface area contributed by atoms with E-state index in [1.54, 1.807) is 33.9 Å². The van der Waals surface area contributed by atoms with E-state index in [2.05, 4.69) is 15.3 Å². The summed E-state index contributed by atoms with van der Waals surface area (Å²) in [4.78, 5) is 50.4. The first-order valence-electron chi connectivity index (χ1n) is 12.0. The van der Waals surface area contributed by atoms with Crippen LogP contribution in [0.5, 0.6) is 0 Å². The molecule has 0 bridgehead atoms. The second kappa shape index (κ2) is 15.8. The normalized spacial score (nSPS) is 11.4. The largest absolute Gasteiger partial charge is 0.490 e. The number of carboxylic acids is 2.